The van der Waals surface area contributed by atoms with Crippen molar-refractivity contribution in [2.75, 3.05) is 17.6 Å². The van der Waals surface area contributed by atoms with Gasteiger partial charge in [0.15, 0.2) is 5.96 Å². The van der Waals surface area contributed by atoms with E-state index in [1.165, 1.54) is 11.3 Å². The zero-order valence-corrected chi connectivity index (χ0v) is 18.8. The molecule has 0 bridgehead atoms. The number of hydrogen-bond acceptors (Lipinski definition) is 7. The van der Waals surface area contributed by atoms with Gasteiger partial charge in [-0.2, -0.15) is 16.8 Å². The summed E-state index contributed by atoms with van der Waals surface area (Å²) in [4.78, 5) is 27.6. The van der Waals surface area contributed by atoms with Gasteiger partial charge >= 0.3 is 0 Å². The second-order valence-corrected chi connectivity index (χ2v) is 8.90. The summed E-state index contributed by atoms with van der Waals surface area (Å²) in [5.74, 6) is 1.98. The summed E-state index contributed by atoms with van der Waals surface area (Å²) in [6, 6.07) is 5.29. The van der Waals surface area contributed by atoms with Gasteiger partial charge in [0, 0.05) is 41.6 Å². The number of rotatable bonds is 9. The summed E-state index contributed by atoms with van der Waals surface area (Å²) < 4.78 is 0. The number of anilines is 1. The highest BCUT2D eigenvalue weighted by atomic mass is 35.5. The van der Waals surface area contributed by atoms with Gasteiger partial charge in [-0.15, -0.1) is 11.3 Å². The normalized spacial score (nSPS) is 10.7. The van der Waals surface area contributed by atoms with E-state index in [1.807, 2.05) is 11.4 Å². The van der Waals surface area contributed by atoms with Gasteiger partial charge in [0.1, 0.15) is 0 Å². The number of hydrogen-bond donors (Lipinski definition) is 4. The monoisotopic (exact) mass is 483 g/mol. The topological polar surface area (TPSA) is 135 Å². The van der Waals surface area contributed by atoms with Crippen LogP contribution in [-0.2, 0) is 12.2 Å². The predicted octanol–water partition coefficient (Wildman–Crippen LogP) is 3.37. The molecule has 0 fully saturated rings. The van der Waals surface area contributed by atoms with Gasteiger partial charge in [-0.25, -0.2) is 9.97 Å². The molecule has 2 heterocycles. The molecule has 2 aromatic heterocycles. The van der Waals surface area contributed by atoms with E-state index >= 15 is 0 Å². The van der Waals surface area contributed by atoms with Crippen molar-refractivity contribution in [1.29, 1.82) is 0 Å². The Morgan fingerprint density at radius 1 is 1.30 bits per heavy atom. The van der Waals surface area contributed by atoms with Crippen LogP contribution in [0.5, 0.6) is 0 Å². The minimum Gasteiger partial charge on any atom is -0.370 e. The van der Waals surface area contributed by atoms with Crippen molar-refractivity contribution in [1.82, 2.24) is 15.0 Å². The van der Waals surface area contributed by atoms with Crippen molar-refractivity contribution >= 4 is 63.3 Å². The number of thiazole rings is 1. The van der Waals surface area contributed by atoms with E-state index in [4.69, 9.17) is 34.7 Å². The Bertz CT molecular complexity index is 1100. The van der Waals surface area contributed by atoms with Crippen LogP contribution >= 0.6 is 46.3 Å². The van der Waals surface area contributed by atoms with Crippen molar-refractivity contribution in [2.45, 2.75) is 12.2 Å². The molecule has 0 unspecified atom stereocenters. The summed E-state index contributed by atoms with van der Waals surface area (Å²) in [5.41, 5.74) is 12.8. The fourth-order valence-electron chi connectivity index (χ4n) is 2.45. The first-order valence-electron chi connectivity index (χ1n) is 8.78. The average Bonchev–Trinajstić information content (AvgIpc) is 3.13. The molecule has 0 saturated heterocycles. The fourth-order valence-corrected chi connectivity index (χ4v) is 4.33. The Labute approximate surface area is 191 Å². The van der Waals surface area contributed by atoms with Crippen LogP contribution in [0, 0.1) is 0 Å². The van der Waals surface area contributed by atoms with Crippen LogP contribution in [0.15, 0.2) is 39.6 Å². The van der Waals surface area contributed by atoms with Crippen LogP contribution < -0.4 is 22.3 Å². The second kappa shape index (κ2) is 10.7. The first-order chi connectivity index (χ1) is 14.4. The van der Waals surface area contributed by atoms with Crippen molar-refractivity contribution in [3.05, 3.63) is 67.0 Å². The summed E-state index contributed by atoms with van der Waals surface area (Å²) in [6.45, 7) is 0.643. The number of benzene rings is 1. The van der Waals surface area contributed by atoms with Crippen LogP contribution in [0.25, 0.3) is 0 Å². The van der Waals surface area contributed by atoms with Gasteiger partial charge in [-0.1, -0.05) is 29.3 Å². The number of H-pyrrole nitrogens is 1. The fraction of sp³-hybridized carbons (Fsp3) is 0.222. The third kappa shape index (κ3) is 6.63. The number of aliphatic imine (C=N–C) groups is 1. The van der Waals surface area contributed by atoms with Crippen LogP contribution in [0.1, 0.15) is 16.8 Å². The highest BCUT2D eigenvalue weighted by molar-refractivity contribution is 7.98. The van der Waals surface area contributed by atoms with Gasteiger partial charge in [-0.05, 0) is 17.7 Å². The largest absolute Gasteiger partial charge is 0.370 e. The maximum Gasteiger partial charge on any atom is 0.255 e. The molecule has 6 N–H and O–H groups in total. The SMILES string of the molecule is NC(N)=Nc1nc(CSCCNc2ncc(Cc3ccc(Cl)c(Cl)c3)c(=O)[nH]2)cs1. The lowest BCUT2D eigenvalue weighted by molar-refractivity contribution is 1.01. The van der Waals surface area contributed by atoms with Crippen molar-refractivity contribution < 1.29 is 0 Å². The molecule has 0 amide bonds. The number of thioether (sulfide) groups is 1. The van der Waals surface area contributed by atoms with E-state index in [9.17, 15) is 4.79 Å². The first kappa shape index (κ1) is 22.4. The number of nitrogens with two attached hydrogens (primary N) is 2. The number of nitrogens with zero attached hydrogens (tertiary/aromatic N) is 3. The van der Waals surface area contributed by atoms with E-state index in [2.05, 4.69) is 25.3 Å². The number of halogens is 2. The van der Waals surface area contributed by atoms with Crippen LogP contribution in [-0.4, -0.2) is 33.2 Å². The Morgan fingerprint density at radius 3 is 2.87 bits per heavy atom. The summed E-state index contributed by atoms with van der Waals surface area (Å²) in [5, 5.41) is 6.52. The second-order valence-electron chi connectivity index (χ2n) is 6.15. The highest BCUT2D eigenvalue weighted by Crippen LogP contribution is 2.23. The van der Waals surface area contributed by atoms with Gasteiger partial charge in [0.05, 0.1) is 15.7 Å². The molecule has 0 aliphatic carbocycles. The minimum absolute atomic E-state index is 0.00257. The van der Waals surface area contributed by atoms with E-state index in [0.29, 0.717) is 39.7 Å². The van der Waals surface area contributed by atoms with Crippen molar-refractivity contribution in [3.8, 4) is 0 Å². The van der Waals surface area contributed by atoms with E-state index in [-0.39, 0.29) is 11.5 Å². The molecule has 0 aliphatic heterocycles. The van der Waals surface area contributed by atoms with Gasteiger partial charge in [0.2, 0.25) is 11.1 Å². The zero-order chi connectivity index (χ0) is 21.5. The molecule has 0 saturated carbocycles. The van der Waals surface area contributed by atoms with Gasteiger partial charge in [-0.3, -0.25) is 9.78 Å². The molecule has 158 valence electrons. The molecule has 0 atom stereocenters. The molecule has 3 aromatic rings. The van der Waals surface area contributed by atoms with Gasteiger partial charge in [0.25, 0.3) is 5.56 Å². The average molecular weight is 484 g/mol. The molecule has 0 radical (unpaired) electrons. The quantitative estimate of drug-likeness (QED) is 0.208. The third-order valence-corrected chi connectivity index (χ3v) is 6.32. The van der Waals surface area contributed by atoms with E-state index in [1.54, 1.807) is 30.1 Å². The van der Waals surface area contributed by atoms with Gasteiger partial charge < -0.3 is 16.8 Å². The van der Waals surface area contributed by atoms with E-state index < -0.39 is 0 Å². The lowest BCUT2D eigenvalue weighted by Gasteiger charge is -2.07. The molecule has 3 rings (SSSR count). The molecule has 8 nitrogen and oxygen atoms in total. The predicted molar refractivity (Wildman–Crippen MR) is 126 cm³/mol. The standard InChI is InChI=1S/C18H19Cl2N7OS2/c19-13-2-1-10(6-14(13)20)5-11-7-24-17(26-15(11)28)23-3-4-29-8-12-9-30-18(25-12)27-16(21)22/h1-2,6-7,9H,3-5,8H2,(H4,21,22,25,27)(H2,23,24,26,28). The number of guanidine groups is 1. The highest BCUT2D eigenvalue weighted by Gasteiger charge is 2.07. The summed E-state index contributed by atoms with van der Waals surface area (Å²) in [6.07, 6.45) is 1.99. The molecule has 1 aromatic carbocycles. The van der Waals surface area contributed by atoms with Crippen molar-refractivity contribution in [2.24, 2.45) is 16.5 Å². The van der Waals surface area contributed by atoms with Crippen molar-refractivity contribution in [3.63, 3.8) is 0 Å². The zero-order valence-electron chi connectivity index (χ0n) is 15.7. The smallest absolute Gasteiger partial charge is 0.255 e. The summed E-state index contributed by atoms with van der Waals surface area (Å²) >= 11 is 15.0. The molecule has 0 spiro atoms. The lowest BCUT2D eigenvalue weighted by Crippen LogP contribution is -2.21. The Balaban J connectivity index is 1.45. The van der Waals surface area contributed by atoms with Crippen LogP contribution in [0.4, 0.5) is 11.1 Å². The third-order valence-electron chi connectivity index (χ3n) is 3.80. The molecule has 0 aliphatic rings. The van der Waals surface area contributed by atoms with Crippen LogP contribution in [0.3, 0.4) is 0 Å². The Hall–Kier alpha value is -2.27. The Morgan fingerprint density at radius 2 is 2.13 bits per heavy atom. The maximum atomic E-state index is 12.3. The minimum atomic E-state index is -0.194. The van der Waals surface area contributed by atoms with Crippen LogP contribution in [0.2, 0.25) is 10.0 Å². The molecule has 30 heavy (non-hydrogen) atoms. The molecule has 12 heteroatoms. The molecular formula is C18H19Cl2N7OS2. The Kier molecular flexibility index (Phi) is 7.97. The number of aromatic nitrogens is 3. The van der Waals surface area contributed by atoms with E-state index in [0.717, 1.165) is 22.8 Å². The number of aromatic amines is 1. The summed E-state index contributed by atoms with van der Waals surface area (Å²) in [7, 11) is 0. The first-order valence-corrected chi connectivity index (χ1v) is 11.6. The maximum absolute atomic E-state index is 12.3. The molecular weight excluding hydrogens is 465 g/mol. The lowest BCUT2D eigenvalue weighted by atomic mass is 10.1. The number of nitrogens with one attached hydrogen (secondary N) is 2.